The van der Waals surface area contributed by atoms with Crippen LogP contribution in [-0.4, -0.2) is 15.0 Å². The van der Waals surface area contributed by atoms with E-state index in [0.717, 1.165) is 24.1 Å². The summed E-state index contributed by atoms with van der Waals surface area (Å²) >= 11 is 1.40. The second-order valence-corrected chi connectivity index (χ2v) is 9.35. The zero-order valence-corrected chi connectivity index (χ0v) is 14.5. The van der Waals surface area contributed by atoms with Crippen molar-refractivity contribution in [3.05, 3.63) is 16.3 Å². The lowest BCUT2D eigenvalue weighted by Crippen LogP contribution is -2.36. The molecule has 120 valence electrons. The summed E-state index contributed by atoms with van der Waals surface area (Å²) < 4.78 is 27.6. The molecular formula is C15H26N2O2S2. The van der Waals surface area contributed by atoms with Crippen molar-refractivity contribution >= 4 is 21.4 Å². The van der Waals surface area contributed by atoms with E-state index in [0.29, 0.717) is 23.9 Å². The predicted octanol–water partition coefficient (Wildman–Crippen LogP) is 3.09. The molecule has 4 nitrogen and oxygen atoms in total. The maximum Gasteiger partial charge on any atom is 0.241 e. The highest BCUT2D eigenvalue weighted by Crippen LogP contribution is 2.42. The van der Waals surface area contributed by atoms with Crippen molar-refractivity contribution in [3.63, 3.8) is 0 Å². The van der Waals surface area contributed by atoms with Crippen LogP contribution < -0.4 is 10.5 Å². The fraction of sp³-hybridized carbons (Fsp3) is 0.733. The van der Waals surface area contributed by atoms with E-state index in [4.69, 9.17) is 5.73 Å². The maximum atomic E-state index is 12.4. The standard InChI is InChI=1S/C15H26N2O2S2/c1-12(2)8-15(5-3-4-6-15)11-17-21(18,19)14-7-13(9-16)20-10-14/h7,10,12,17H,3-6,8-9,11,16H2,1-2H3. The molecule has 0 unspecified atom stereocenters. The van der Waals surface area contributed by atoms with Gasteiger partial charge in [-0.05, 0) is 36.7 Å². The van der Waals surface area contributed by atoms with Gasteiger partial charge in [0.2, 0.25) is 10.0 Å². The van der Waals surface area contributed by atoms with E-state index in [1.165, 1.54) is 24.2 Å². The topological polar surface area (TPSA) is 72.2 Å². The third-order valence-electron chi connectivity index (χ3n) is 4.28. The highest BCUT2D eigenvalue weighted by Gasteiger charge is 2.35. The Hall–Kier alpha value is -0.430. The Bertz CT molecular complexity index is 558. The summed E-state index contributed by atoms with van der Waals surface area (Å²) in [4.78, 5) is 1.25. The predicted molar refractivity (Wildman–Crippen MR) is 87.8 cm³/mol. The molecule has 1 aliphatic rings. The van der Waals surface area contributed by atoms with E-state index in [1.54, 1.807) is 11.4 Å². The third kappa shape index (κ3) is 4.28. The van der Waals surface area contributed by atoms with Crippen LogP contribution in [0.4, 0.5) is 0 Å². The Morgan fingerprint density at radius 3 is 2.57 bits per heavy atom. The van der Waals surface area contributed by atoms with Gasteiger partial charge in [-0.25, -0.2) is 13.1 Å². The molecule has 0 aliphatic heterocycles. The first-order valence-corrected chi connectivity index (χ1v) is 10.0. The van der Waals surface area contributed by atoms with E-state index in [9.17, 15) is 8.42 Å². The second kappa shape index (κ2) is 6.77. The number of thiophene rings is 1. The van der Waals surface area contributed by atoms with Gasteiger partial charge in [-0.15, -0.1) is 11.3 Å². The van der Waals surface area contributed by atoms with Gasteiger partial charge in [-0.3, -0.25) is 0 Å². The van der Waals surface area contributed by atoms with Gasteiger partial charge in [-0.2, -0.15) is 0 Å². The van der Waals surface area contributed by atoms with Crippen molar-refractivity contribution in [3.8, 4) is 0 Å². The number of sulfonamides is 1. The molecule has 0 atom stereocenters. The Balaban J connectivity index is 2.05. The van der Waals surface area contributed by atoms with Gasteiger partial charge >= 0.3 is 0 Å². The summed E-state index contributed by atoms with van der Waals surface area (Å²) in [6.45, 7) is 5.36. The lowest BCUT2D eigenvalue weighted by Gasteiger charge is -2.31. The molecule has 1 aliphatic carbocycles. The van der Waals surface area contributed by atoms with Gasteiger partial charge in [0.15, 0.2) is 0 Å². The normalized spacial score (nSPS) is 18.5. The summed E-state index contributed by atoms with van der Waals surface area (Å²) in [5, 5.41) is 1.67. The highest BCUT2D eigenvalue weighted by atomic mass is 32.2. The largest absolute Gasteiger partial charge is 0.326 e. The number of hydrogen-bond acceptors (Lipinski definition) is 4. The molecule has 6 heteroatoms. The number of nitrogens with one attached hydrogen (secondary N) is 1. The Kier molecular flexibility index (Phi) is 5.46. The quantitative estimate of drug-likeness (QED) is 0.807. The minimum Gasteiger partial charge on any atom is -0.326 e. The van der Waals surface area contributed by atoms with E-state index in [-0.39, 0.29) is 5.41 Å². The van der Waals surface area contributed by atoms with Crippen LogP contribution in [0.3, 0.4) is 0 Å². The molecule has 1 aromatic rings. The van der Waals surface area contributed by atoms with Gasteiger partial charge in [0, 0.05) is 23.3 Å². The molecule has 0 bridgehead atoms. The van der Waals surface area contributed by atoms with Crippen LogP contribution in [0.15, 0.2) is 16.3 Å². The summed E-state index contributed by atoms with van der Waals surface area (Å²) in [6.07, 6.45) is 5.78. The van der Waals surface area contributed by atoms with Crippen molar-refractivity contribution in [2.24, 2.45) is 17.1 Å². The number of nitrogens with two attached hydrogens (primary N) is 1. The minimum atomic E-state index is -3.41. The van der Waals surface area contributed by atoms with Crippen LogP contribution in [0.1, 0.15) is 50.8 Å². The van der Waals surface area contributed by atoms with Crippen LogP contribution in [0.2, 0.25) is 0 Å². The van der Waals surface area contributed by atoms with Gasteiger partial charge in [0.1, 0.15) is 0 Å². The molecule has 21 heavy (non-hydrogen) atoms. The van der Waals surface area contributed by atoms with Gasteiger partial charge in [-0.1, -0.05) is 26.7 Å². The second-order valence-electron chi connectivity index (χ2n) is 6.58. The molecule has 0 spiro atoms. The molecule has 3 N–H and O–H groups in total. The summed E-state index contributed by atoms with van der Waals surface area (Å²) in [5.74, 6) is 0.595. The minimum absolute atomic E-state index is 0.147. The third-order valence-corrected chi connectivity index (χ3v) is 6.77. The maximum absolute atomic E-state index is 12.4. The van der Waals surface area contributed by atoms with Crippen molar-refractivity contribution < 1.29 is 8.42 Å². The average Bonchev–Trinajstić information content (AvgIpc) is 3.05. The molecule has 1 aromatic heterocycles. The lowest BCUT2D eigenvalue weighted by molar-refractivity contribution is 0.236. The molecular weight excluding hydrogens is 304 g/mol. The molecule has 1 heterocycles. The van der Waals surface area contributed by atoms with Crippen LogP contribution in [-0.2, 0) is 16.6 Å². The van der Waals surface area contributed by atoms with Gasteiger partial charge in [0.05, 0.1) is 4.90 Å². The SMILES string of the molecule is CC(C)CC1(CNS(=O)(=O)c2csc(CN)c2)CCCC1. The Labute approximate surface area is 132 Å². The fourth-order valence-corrected chi connectivity index (χ4v) is 5.70. The Morgan fingerprint density at radius 2 is 2.05 bits per heavy atom. The summed E-state index contributed by atoms with van der Waals surface area (Å²) in [5.41, 5.74) is 5.70. The van der Waals surface area contributed by atoms with Crippen LogP contribution in [0, 0.1) is 11.3 Å². The van der Waals surface area contributed by atoms with Crippen molar-refractivity contribution in [1.29, 1.82) is 0 Å². The lowest BCUT2D eigenvalue weighted by atomic mass is 9.79. The van der Waals surface area contributed by atoms with Crippen LogP contribution in [0.5, 0.6) is 0 Å². The zero-order valence-electron chi connectivity index (χ0n) is 12.9. The smallest absolute Gasteiger partial charge is 0.241 e. The van der Waals surface area contributed by atoms with Gasteiger partial charge in [0.25, 0.3) is 0 Å². The van der Waals surface area contributed by atoms with Crippen LogP contribution in [0.25, 0.3) is 0 Å². The van der Waals surface area contributed by atoms with Crippen molar-refractivity contribution in [1.82, 2.24) is 4.72 Å². The molecule has 1 fully saturated rings. The Morgan fingerprint density at radius 1 is 1.38 bits per heavy atom. The first-order valence-electron chi connectivity index (χ1n) is 7.64. The average molecular weight is 331 g/mol. The molecule has 0 radical (unpaired) electrons. The van der Waals surface area contributed by atoms with E-state index < -0.39 is 10.0 Å². The molecule has 0 amide bonds. The number of rotatable bonds is 7. The van der Waals surface area contributed by atoms with E-state index in [2.05, 4.69) is 18.6 Å². The zero-order chi connectivity index (χ0) is 15.5. The first-order chi connectivity index (χ1) is 9.87. The summed E-state index contributed by atoms with van der Waals surface area (Å²) in [7, 11) is -3.41. The van der Waals surface area contributed by atoms with E-state index in [1.807, 2.05) is 0 Å². The molecule has 0 aromatic carbocycles. The summed E-state index contributed by atoms with van der Waals surface area (Å²) in [6, 6.07) is 1.68. The number of hydrogen-bond donors (Lipinski definition) is 2. The van der Waals surface area contributed by atoms with Crippen LogP contribution >= 0.6 is 11.3 Å². The molecule has 1 saturated carbocycles. The van der Waals surface area contributed by atoms with E-state index >= 15 is 0 Å². The molecule has 2 rings (SSSR count). The van der Waals surface area contributed by atoms with Gasteiger partial charge < -0.3 is 5.73 Å². The highest BCUT2D eigenvalue weighted by molar-refractivity contribution is 7.89. The first kappa shape index (κ1) is 16.9. The van der Waals surface area contributed by atoms with Crippen molar-refractivity contribution in [2.75, 3.05) is 6.54 Å². The van der Waals surface area contributed by atoms with Crippen molar-refractivity contribution in [2.45, 2.75) is 57.4 Å². The monoisotopic (exact) mass is 330 g/mol. The fourth-order valence-electron chi connectivity index (χ4n) is 3.38. The molecule has 0 saturated heterocycles.